The van der Waals surface area contributed by atoms with Crippen molar-refractivity contribution in [2.75, 3.05) is 7.11 Å². The summed E-state index contributed by atoms with van der Waals surface area (Å²) < 4.78 is 4.99. The van der Waals surface area contributed by atoms with Crippen molar-refractivity contribution < 1.29 is 4.74 Å². The van der Waals surface area contributed by atoms with E-state index in [9.17, 15) is 0 Å². The number of hydrogen-bond donors (Lipinski definition) is 2. The molecule has 0 aliphatic carbocycles. The Balaban J connectivity index is 0.000000209. The van der Waals surface area contributed by atoms with Crippen LogP contribution in [-0.4, -0.2) is 7.11 Å². The minimum Gasteiger partial charge on any atom is -0.497 e. The molecule has 0 atom stereocenters. The fraction of sp³-hybridized carbons (Fsp3) is 0.182. The molecule has 0 saturated heterocycles. The van der Waals surface area contributed by atoms with Crippen LogP contribution >= 0.6 is 37.0 Å². The molecule has 0 fully saturated rings. The molecule has 3 aromatic rings. The summed E-state index contributed by atoms with van der Waals surface area (Å²) in [6, 6.07) is 26.8. The van der Waals surface area contributed by atoms with Crippen molar-refractivity contribution in [1.82, 2.24) is 0 Å². The van der Waals surface area contributed by atoms with Crippen molar-refractivity contribution in [2.24, 2.45) is 0 Å². The second kappa shape index (κ2) is 12.0. The minimum atomic E-state index is 0.782. The highest BCUT2D eigenvalue weighted by Gasteiger charge is 1.96. The van der Waals surface area contributed by atoms with Crippen molar-refractivity contribution in [3.05, 3.63) is 95.6 Å². The average Bonchev–Trinajstić information content (AvgIpc) is 2.69. The molecular weight excluding hydrogens is 376 g/mol. The van der Waals surface area contributed by atoms with Gasteiger partial charge in [0.05, 0.1) is 7.11 Å². The number of thioether (sulfide) groups is 1. The quantitative estimate of drug-likeness (QED) is 0.455. The molecule has 3 rings (SSSR count). The number of hydrogen-bond acceptors (Lipinski definition) is 4. The van der Waals surface area contributed by atoms with Gasteiger partial charge in [-0.3, -0.25) is 0 Å². The molecule has 4 heteroatoms. The van der Waals surface area contributed by atoms with Crippen molar-refractivity contribution in [3.63, 3.8) is 0 Å². The van der Waals surface area contributed by atoms with E-state index in [1.165, 1.54) is 16.7 Å². The number of ether oxygens (including phenoxy) is 1. The summed E-state index contributed by atoms with van der Waals surface area (Å²) >= 11 is 10.4. The molecule has 0 radical (unpaired) electrons. The molecule has 0 saturated carbocycles. The zero-order valence-corrected chi connectivity index (χ0v) is 17.4. The first kappa shape index (κ1) is 20.8. The molecule has 1 nitrogen and oxygen atoms in total. The molecule has 136 valence electrons. The lowest BCUT2D eigenvalue weighted by molar-refractivity contribution is 0.414. The van der Waals surface area contributed by atoms with E-state index in [0.717, 1.165) is 27.9 Å². The Morgan fingerprint density at radius 2 is 1.42 bits per heavy atom. The highest BCUT2D eigenvalue weighted by Crippen LogP contribution is 2.19. The Hall–Kier alpha value is -1.49. The minimum absolute atomic E-state index is 0.782. The molecule has 0 bridgehead atoms. The molecule has 0 aliphatic rings. The van der Waals surface area contributed by atoms with E-state index in [4.69, 9.17) is 4.74 Å². The van der Waals surface area contributed by atoms with Crippen LogP contribution in [0.2, 0.25) is 0 Å². The van der Waals surface area contributed by atoms with Crippen LogP contribution in [-0.2, 0) is 17.3 Å². The van der Waals surface area contributed by atoms with Crippen LogP contribution in [0.4, 0.5) is 0 Å². The van der Waals surface area contributed by atoms with E-state index in [1.54, 1.807) is 7.11 Å². The molecule has 26 heavy (non-hydrogen) atoms. The zero-order valence-electron chi connectivity index (χ0n) is 14.8. The van der Waals surface area contributed by atoms with Crippen LogP contribution in [0.1, 0.15) is 16.7 Å². The van der Waals surface area contributed by atoms with Gasteiger partial charge in [-0.05, 0) is 41.0 Å². The monoisotopic (exact) mass is 400 g/mol. The highest BCUT2D eigenvalue weighted by atomic mass is 32.2. The van der Waals surface area contributed by atoms with Crippen LogP contribution < -0.4 is 4.74 Å². The maximum Gasteiger partial charge on any atom is 0.118 e. The number of methoxy groups -OCH3 is 1. The van der Waals surface area contributed by atoms with Gasteiger partial charge < -0.3 is 4.74 Å². The predicted octanol–water partition coefficient (Wildman–Crippen LogP) is 6.53. The fourth-order valence-corrected chi connectivity index (χ4v) is 3.65. The van der Waals surface area contributed by atoms with Crippen molar-refractivity contribution in [2.45, 2.75) is 22.2 Å². The maximum absolute atomic E-state index is 4.99. The summed E-state index contributed by atoms with van der Waals surface area (Å²) in [6.07, 6.45) is 0. The summed E-state index contributed by atoms with van der Waals surface area (Å²) in [5, 5.41) is 0. The third kappa shape index (κ3) is 7.81. The topological polar surface area (TPSA) is 9.23 Å². The van der Waals surface area contributed by atoms with E-state index < -0.39 is 0 Å². The van der Waals surface area contributed by atoms with Gasteiger partial charge in [-0.25, -0.2) is 0 Å². The van der Waals surface area contributed by atoms with Crippen molar-refractivity contribution in [1.29, 1.82) is 0 Å². The average molecular weight is 401 g/mol. The summed E-state index contributed by atoms with van der Waals surface area (Å²) in [6.45, 7) is 0. The number of benzene rings is 3. The first-order chi connectivity index (χ1) is 12.7. The Bertz CT molecular complexity index is 735. The van der Waals surface area contributed by atoms with E-state index in [2.05, 4.69) is 73.8 Å². The van der Waals surface area contributed by atoms with E-state index in [-0.39, 0.29) is 0 Å². The van der Waals surface area contributed by atoms with Gasteiger partial charge in [0.1, 0.15) is 5.75 Å². The van der Waals surface area contributed by atoms with Crippen LogP contribution in [0.5, 0.6) is 5.75 Å². The summed E-state index contributed by atoms with van der Waals surface area (Å²) in [7, 11) is 1.66. The Morgan fingerprint density at radius 1 is 0.769 bits per heavy atom. The van der Waals surface area contributed by atoms with Crippen molar-refractivity contribution in [3.8, 4) is 5.75 Å². The summed E-state index contributed by atoms with van der Waals surface area (Å²) in [5.41, 5.74) is 3.94. The lowest BCUT2D eigenvalue weighted by Gasteiger charge is -2.03. The number of thiol groups is 2. The van der Waals surface area contributed by atoms with Crippen molar-refractivity contribution >= 4 is 37.0 Å². The van der Waals surface area contributed by atoms with Crippen LogP contribution in [0, 0.1) is 0 Å². The molecule has 0 N–H and O–H groups in total. The molecule has 0 heterocycles. The molecule has 0 amide bonds. The SMILES string of the molecule is COc1ccc(CS)cc1.Sc1cccc(CSCc2ccccc2)c1. The van der Waals surface area contributed by atoms with Gasteiger partial charge in [0.25, 0.3) is 0 Å². The second-order valence-electron chi connectivity index (χ2n) is 5.65. The first-order valence-electron chi connectivity index (χ1n) is 8.34. The molecule has 0 spiro atoms. The Morgan fingerprint density at radius 3 is 2.04 bits per heavy atom. The second-order valence-corrected chi connectivity index (χ2v) is 7.47. The maximum atomic E-state index is 4.99. The lowest BCUT2D eigenvalue weighted by atomic mass is 10.2. The van der Waals surface area contributed by atoms with E-state index >= 15 is 0 Å². The van der Waals surface area contributed by atoms with Gasteiger partial charge in [-0.15, -0.1) is 12.6 Å². The van der Waals surface area contributed by atoms with Gasteiger partial charge in [0.2, 0.25) is 0 Å². The fourth-order valence-electron chi connectivity index (χ4n) is 2.24. The van der Waals surface area contributed by atoms with Gasteiger partial charge in [0.15, 0.2) is 0 Å². The van der Waals surface area contributed by atoms with E-state index in [0.29, 0.717) is 0 Å². The first-order valence-corrected chi connectivity index (χ1v) is 10.6. The van der Waals surface area contributed by atoms with Gasteiger partial charge in [-0.1, -0.05) is 54.6 Å². The molecule has 0 unspecified atom stereocenters. The van der Waals surface area contributed by atoms with Crippen LogP contribution in [0.3, 0.4) is 0 Å². The van der Waals surface area contributed by atoms with Crippen LogP contribution in [0.15, 0.2) is 83.8 Å². The van der Waals surface area contributed by atoms with Crippen LogP contribution in [0.25, 0.3) is 0 Å². The third-order valence-electron chi connectivity index (χ3n) is 3.63. The normalized spacial score (nSPS) is 9.96. The molecular formula is C22H24OS3. The Labute approximate surface area is 172 Å². The van der Waals surface area contributed by atoms with Gasteiger partial charge in [0, 0.05) is 22.2 Å². The van der Waals surface area contributed by atoms with Gasteiger partial charge in [-0.2, -0.15) is 24.4 Å². The molecule has 0 aromatic heterocycles. The zero-order chi connectivity index (χ0) is 18.6. The highest BCUT2D eigenvalue weighted by molar-refractivity contribution is 7.97. The largest absolute Gasteiger partial charge is 0.497 e. The number of rotatable bonds is 6. The standard InChI is InChI=1S/C14H14S2.C8H10OS/c15-14-8-4-7-13(9-14)11-16-10-12-5-2-1-3-6-12;1-9-8-4-2-7(6-10)3-5-8/h1-9,15H,10-11H2;2-5,10H,6H2,1H3. The lowest BCUT2D eigenvalue weighted by Crippen LogP contribution is -1.83. The van der Waals surface area contributed by atoms with Gasteiger partial charge >= 0.3 is 0 Å². The predicted molar refractivity (Wildman–Crippen MR) is 121 cm³/mol. The Kier molecular flexibility index (Phi) is 9.61. The smallest absolute Gasteiger partial charge is 0.118 e. The summed E-state index contributed by atoms with van der Waals surface area (Å²) in [4.78, 5) is 1.04. The third-order valence-corrected chi connectivity index (χ3v) is 5.35. The summed E-state index contributed by atoms with van der Waals surface area (Å²) in [5.74, 6) is 3.79. The molecule has 3 aromatic carbocycles. The molecule has 0 aliphatic heterocycles. The van der Waals surface area contributed by atoms with E-state index in [1.807, 2.05) is 42.1 Å².